The van der Waals surface area contributed by atoms with E-state index in [4.69, 9.17) is 4.52 Å². The minimum Gasteiger partial charge on any atom is -0.365 e. The molecule has 19 heavy (non-hydrogen) atoms. The molecule has 0 bridgehead atoms. The van der Waals surface area contributed by atoms with Crippen molar-refractivity contribution < 1.29 is 9.45 Å². The second-order valence-electron chi connectivity index (χ2n) is 4.09. The Morgan fingerprint density at radius 3 is 2.58 bits per heavy atom. The van der Waals surface area contributed by atoms with Crippen LogP contribution in [0, 0.1) is 10.1 Å². The summed E-state index contributed by atoms with van der Waals surface area (Å²) in [6.45, 7) is 2.42. The molecule has 0 atom stereocenters. The van der Waals surface area contributed by atoms with E-state index in [-0.39, 0.29) is 5.69 Å². The summed E-state index contributed by atoms with van der Waals surface area (Å²) >= 11 is 0. The molecule has 0 radical (unpaired) electrons. The Hall–Kier alpha value is -2.44. The second-order valence-corrected chi connectivity index (χ2v) is 4.09. The number of nitro groups is 1. The molecule has 0 N–H and O–H groups in total. The van der Waals surface area contributed by atoms with Crippen molar-refractivity contribution in [1.82, 2.24) is 10.1 Å². The lowest BCUT2D eigenvalue weighted by atomic mass is 10.2. The number of hydrogen-bond acceptors (Lipinski definition) is 6. The van der Waals surface area contributed by atoms with Crippen LogP contribution in [-0.4, -0.2) is 22.1 Å². The first-order valence-corrected chi connectivity index (χ1v) is 5.87. The van der Waals surface area contributed by atoms with Crippen LogP contribution < -0.4 is 4.90 Å². The standard InChI is InChI=1S/C12H14N4O3/c1-3-11-13-12(19-14-11)8-15(2)9-4-6-10(7-5-9)16(17)18/h4-7H,3,8H2,1-2H3. The SMILES string of the molecule is CCc1noc(CN(C)c2ccc([N+](=O)[O-])cc2)n1. The van der Waals surface area contributed by atoms with Gasteiger partial charge in [-0.05, 0) is 12.1 Å². The highest BCUT2D eigenvalue weighted by Crippen LogP contribution is 2.19. The van der Waals surface area contributed by atoms with E-state index in [1.54, 1.807) is 12.1 Å². The van der Waals surface area contributed by atoms with Crippen LogP contribution in [-0.2, 0) is 13.0 Å². The van der Waals surface area contributed by atoms with Gasteiger partial charge in [0.05, 0.1) is 11.5 Å². The summed E-state index contributed by atoms with van der Waals surface area (Å²) in [6, 6.07) is 6.32. The predicted molar refractivity (Wildman–Crippen MR) is 68.9 cm³/mol. The molecule has 0 saturated heterocycles. The van der Waals surface area contributed by atoms with Crippen molar-refractivity contribution in [3.05, 3.63) is 46.1 Å². The molecule has 7 heteroatoms. The van der Waals surface area contributed by atoms with E-state index >= 15 is 0 Å². The van der Waals surface area contributed by atoms with Gasteiger partial charge in [-0.1, -0.05) is 12.1 Å². The zero-order valence-electron chi connectivity index (χ0n) is 10.7. The molecule has 0 amide bonds. The molecule has 0 aliphatic rings. The zero-order chi connectivity index (χ0) is 13.8. The first-order valence-electron chi connectivity index (χ1n) is 5.87. The minimum absolute atomic E-state index is 0.0724. The molecule has 0 aliphatic heterocycles. The molecule has 0 spiro atoms. The van der Waals surface area contributed by atoms with E-state index in [2.05, 4.69) is 10.1 Å². The number of benzene rings is 1. The van der Waals surface area contributed by atoms with Crippen molar-refractivity contribution in [1.29, 1.82) is 0 Å². The normalized spacial score (nSPS) is 10.4. The van der Waals surface area contributed by atoms with Crippen LogP contribution in [0.4, 0.5) is 11.4 Å². The molecular formula is C12H14N4O3. The topological polar surface area (TPSA) is 85.3 Å². The van der Waals surface area contributed by atoms with E-state index in [0.717, 1.165) is 12.1 Å². The van der Waals surface area contributed by atoms with Gasteiger partial charge in [0.25, 0.3) is 5.69 Å². The lowest BCUT2D eigenvalue weighted by Crippen LogP contribution is -2.16. The van der Waals surface area contributed by atoms with E-state index in [0.29, 0.717) is 18.3 Å². The predicted octanol–water partition coefficient (Wildman–Crippen LogP) is 2.18. The molecule has 0 saturated carbocycles. The first kappa shape index (κ1) is 13.0. The van der Waals surface area contributed by atoms with Crippen LogP contribution in [0.1, 0.15) is 18.6 Å². The smallest absolute Gasteiger partial charge is 0.269 e. The Labute approximate surface area is 110 Å². The van der Waals surface area contributed by atoms with Crippen molar-refractivity contribution in [3.8, 4) is 0 Å². The van der Waals surface area contributed by atoms with E-state index < -0.39 is 4.92 Å². The van der Waals surface area contributed by atoms with Gasteiger partial charge in [-0.25, -0.2) is 0 Å². The molecule has 0 unspecified atom stereocenters. The third kappa shape index (κ3) is 3.06. The van der Waals surface area contributed by atoms with E-state index in [1.807, 2.05) is 18.9 Å². The van der Waals surface area contributed by atoms with Gasteiger partial charge in [-0.15, -0.1) is 0 Å². The van der Waals surface area contributed by atoms with Gasteiger partial charge in [0.1, 0.15) is 0 Å². The molecule has 0 aliphatic carbocycles. The highest BCUT2D eigenvalue weighted by molar-refractivity contribution is 5.50. The van der Waals surface area contributed by atoms with E-state index in [1.165, 1.54) is 12.1 Å². The first-order chi connectivity index (χ1) is 9.10. The Kier molecular flexibility index (Phi) is 3.74. The Balaban J connectivity index is 2.06. The van der Waals surface area contributed by atoms with Gasteiger partial charge in [0, 0.05) is 31.3 Å². The van der Waals surface area contributed by atoms with Crippen molar-refractivity contribution in [3.63, 3.8) is 0 Å². The Morgan fingerprint density at radius 2 is 2.05 bits per heavy atom. The number of nitrogens with zero attached hydrogens (tertiary/aromatic N) is 4. The van der Waals surface area contributed by atoms with Crippen LogP contribution in [0.2, 0.25) is 0 Å². The average molecular weight is 262 g/mol. The lowest BCUT2D eigenvalue weighted by molar-refractivity contribution is -0.384. The monoisotopic (exact) mass is 262 g/mol. The summed E-state index contributed by atoms with van der Waals surface area (Å²) in [7, 11) is 1.86. The molecule has 100 valence electrons. The number of hydrogen-bond donors (Lipinski definition) is 0. The highest BCUT2D eigenvalue weighted by Gasteiger charge is 2.10. The summed E-state index contributed by atoms with van der Waals surface area (Å²) in [4.78, 5) is 16.2. The van der Waals surface area contributed by atoms with Gasteiger partial charge >= 0.3 is 0 Å². The fourth-order valence-electron chi connectivity index (χ4n) is 1.62. The molecule has 7 nitrogen and oxygen atoms in total. The van der Waals surface area contributed by atoms with Crippen molar-refractivity contribution in [2.75, 3.05) is 11.9 Å². The molecule has 2 aromatic rings. The summed E-state index contributed by atoms with van der Waals surface area (Å²) in [5, 5.41) is 14.4. The van der Waals surface area contributed by atoms with Crippen LogP contribution in [0.3, 0.4) is 0 Å². The summed E-state index contributed by atoms with van der Waals surface area (Å²) in [6.07, 6.45) is 0.727. The van der Waals surface area contributed by atoms with Crippen LogP contribution in [0.15, 0.2) is 28.8 Å². The summed E-state index contributed by atoms with van der Waals surface area (Å²) < 4.78 is 5.10. The Morgan fingerprint density at radius 1 is 1.37 bits per heavy atom. The van der Waals surface area contributed by atoms with Gasteiger partial charge in [0.15, 0.2) is 5.82 Å². The molecule has 0 fully saturated rings. The third-order valence-electron chi connectivity index (χ3n) is 2.70. The lowest BCUT2D eigenvalue weighted by Gasteiger charge is -2.16. The number of nitro benzene ring substituents is 1. The van der Waals surface area contributed by atoms with Crippen molar-refractivity contribution >= 4 is 11.4 Å². The Bertz CT molecular complexity index is 565. The number of anilines is 1. The van der Waals surface area contributed by atoms with Crippen molar-refractivity contribution in [2.45, 2.75) is 19.9 Å². The maximum Gasteiger partial charge on any atom is 0.269 e. The number of aryl methyl sites for hydroxylation is 1. The summed E-state index contributed by atoms with van der Waals surface area (Å²) in [5.41, 5.74) is 0.921. The molecule has 1 aromatic carbocycles. The minimum atomic E-state index is -0.421. The highest BCUT2D eigenvalue weighted by atomic mass is 16.6. The number of non-ortho nitro benzene ring substituents is 1. The van der Waals surface area contributed by atoms with Crippen molar-refractivity contribution in [2.24, 2.45) is 0 Å². The van der Waals surface area contributed by atoms with Gasteiger partial charge in [-0.3, -0.25) is 10.1 Å². The zero-order valence-corrected chi connectivity index (χ0v) is 10.7. The molecule has 1 heterocycles. The van der Waals surface area contributed by atoms with Crippen LogP contribution >= 0.6 is 0 Å². The summed E-state index contributed by atoms with van der Waals surface area (Å²) in [5.74, 6) is 1.20. The molecular weight excluding hydrogens is 248 g/mol. The maximum atomic E-state index is 10.6. The fraction of sp³-hybridized carbons (Fsp3) is 0.333. The maximum absolute atomic E-state index is 10.6. The van der Waals surface area contributed by atoms with Gasteiger partial charge < -0.3 is 9.42 Å². The van der Waals surface area contributed by atoms with Crippen LogP contribution in [0.25, 0.3) is 0 Å². The second kappa shape index (κ2) is 5.47. The fourth-order valence-corrected chi connectivity index (χ4v) is 1.62. The van der Waals surface area contributed by atoms with Gasteiger partial charge in [0.2, 0.25) is 5.89 Å². The molecule has 2 rings (SSSR count). The number of aromatic nitrogens is 2. The van der Waals surface area contributed by atoms with E-state index in [9.17, 15) is 10.1 Å². The van der Waals surface area contributed by atoms with Gasteiger partial charge in [-0.2, -0.15) is 4.98 Å². The van der Waals surface area contributed by atoms with Crippen LogP contribution in [0.5, 0.6) is 0 Å². The average Bonchev–Trinajstić information content (AvgIpc) is 2.86. The number of rotatable bonds is 5. The third-order valence-corrected chi connectivity index (χ3v) is 2.70. The molecule has 1 aromatic heterocycles. The largest absolute Gasteiger partial charge is 0.365 e. The quantitative estimate of drug-likeness (QED) is 0.606.